The van der Waals surface area contributed by atoms with Crippen LogP contribution < -0.4 is 9.64 Å². The van der Waals surface area contributed by atoms with E-state index >= 15 is 0 Å². The molecule has 3 heterocycles. The SMILES string of the molecule is COC(=O)c1sc(N2C(=O)C(O)=C(C(=O)c3cccs3)C2c2cccc(OCCC(C)C)c2)nc1C. The molecule has 0 radical (unpaired) electrons. The van der Waals surface area contributed by atoms with Crippen LogP contribution in [-0.2, 0) is 9.53 Å². The largest absolute Gasteiger partial charge is 0.503 e. The van der Waals surface area contributed by atoms with Gasteiger partial charge in [-0.15, -0.1) is 11.3 Å². The number of ketones is 1. The fourth-order valence-corrected chi connectivity index (χ4v) is 5.53. The number of thiazole rings is 1. The van der Waals surface area contributed by atoms with Gasteiger partial charge in [0.2, 0.25) is 5.78 Å². The highest BCUT2D eigenvalue weighted by Crippen LogP contribution is 2.44. The van der Waals surface area contributed by atoms with Gasteiger partial charge in [-0.3, -0.25) is 14.5 Å². The molecule has 0 aliphatic carbocycles. The van der Waals surface area contributed by atoms with Gasteiger partial charge in [0.25, 0.3) is 5.91 Å². The number of methoxy groups -OCH3 is 1. The van der Waals surface area contributed by atoms with Crippen LogP contribution >= 0.6 is 22.7 Å². The van der Waals surface area contributed by atoms with E-state index in [0.29, 0.717) is 34.4 Å². The molecule has 4 rings (SSSR count). The standard InChI is InChI=1S/C26H26N2O6S2/c1-14(2)10-11-34-17-8-5-7-16(13-17)20-19(21(29)18-9-6-12-35-18)22(30)24(31)28(20)26-27-15(3)23(36-26)25(32)33-4/h5-9,12-14,20,30H,10-11H2,1-4H3. The first-order chi connectivity index (χ1) is 17.2. The molecule has 1 aliphatic heterocycles. The number of aliphatic hydroxyl groups is 1. The van der Waals surface area contributed by atoms with E-state index in [9.17, 15) is 19.5 Å². The van der Waals surface area contributed by atoms with Gasteiger partial charge in [-0.1, -0.05) is 43.4 Å². The fourth-order valence-electron chi connectivity index (χ4n) is 3.84. The Morgan fingerprint density at radius 2 is 2.00 bits per heavy atom. The molecule has 188 valence electrons. The average molecular weight is 527 g/mol. The fraction of sp³-hybridized carbons (Fsp3) is 0.308. The smallest absolute Gasteiger partial charge is 0.350 e. The van der Waals surface area contributed by atoms with Crippen LogP contribution in [0, 0.1) is 12.8 Å². The molecule has 3 aromatic rings. The van der Waals surface area contributed by atoms with Gasteiger partial charge in [-0.05, 0) is 48.4 Å². The minimum Gasteiger partial charge on any atom is -0.503 e. The number of aliphatic hydroxyl groups excluding tert-OH is 1. The summed E-state index contributed by atoms with van der Waals surface area (Å²) in [6.45, 7) is 6.37. The molecule has 8 nitrogen and oxygen atoms in total. The molecule has 10 heteroatoms. The van der Waals surface area contributed by atoms with Crippen molar-refractivity contribution in [2.24, 2.45) is 5.92 Å². The van der Waals surface area contributed by atoms with Crippen molar-refractivity contribution in [1.82, 2.24) is 4.98 Å². The number of rotatable bonds is 9. The third-order valence-electron chi connectivity index (χ3n) is 5.70. The van der Waals surface area contributed by atoms with E-state index in [4.69, 9.17) is 9.47 Å². The van der Waals surface area contributed by atoms with E-state index in [1.54, 1.807) is 48.7 Å². The lowest BCUT2D eigenvalue weighted by atomic mass is 9.95. The van der Waals surface area contributed by atoms with Gasteiger partial charge in [0, 0.05) is 0 Å². The van der Waals surface area contributed by atoms with Crippen molar-refractivity contribution >= 4 is 45.5 Å². The number of hydrogen-bond acceptors (Lipinski definition) is 9. The summed E-state index contributed by atoms with van der Waals surface area (Å²) in [4.78, 5) is 45.3. The van der Waals surface area contributed by atoms with Crippen molar-refractivity contribution in [3.05, 3.63) is 74.1 Å². The summed E-state index contributed by atoms with van der Waals surface area (Å²) >= 11 is 2.19. The number of nitrogens with zero attached hydrogens (tertiary/aromatic N) is 2. The number of anilines is 1. The highest BCUT2D eigenvalue weighted by molar-refractivity contribution is 7.17. The Balaban J connectivity index is 1.80. The third kappa shape index (κ3) is 4.91. The first-order valence-electron chi connectivity index (χ1n) is 11.4. The molecule has 0 bridgehead atoms. The van der Waals surface area contributed by atoms with Crippen molar-refractivity contribution in [2.45, 2.75) is 33.2 Å². The molecule has 1 N–H and O–H groups in total. The number of thiophene rings is 1. The molecule has 0 fully saturated rings. The Bertz CT molecular complexity index is 1330. The molecule has 1 aromatic carbocycles. The van der Waals surface area contributed by atoms with Gasteiger partial charge in [-0.25, -0.2) is 9.78 Å². The summed E-state index contributed by atoms with van der Waals surface area (Å²) in [5.41, 5.74) is 0.910. The summed E-state index contributed by atoms with van der Waals surface area (Å²) in [7, 11) is 1.26. The normalized spacial score (nSPS) is 15.6. The molecule has 1 atom stereocenters. The molecule has 1 amide bonds. The number of benzene rings is 1. The Labute approximate surface area is 216 Å². The minimum absolute atomic E-state index is 0.0470. The number of hydrogen-bond donors (Lipinski definition) is 1. The minimum atomic E-state index is -0.961. The number of carbonyl (C=O) groups is 3. The Morgan fingerprint density at radius 3 is 2.67 bits per heavy atom. The number of Topliss-reactive ketones (excluding diaryl/α,β-unsaturated/α-hetero) is 1. The van der Waals surface area contributed by atoms with Gasteiger partial charge in [-0.2, -0.15) is 0 Å². The van der Waals surface area contributed by atoms with Gasteiger partial charge < -0.3 is 14.6 Å². The molecule has 36 heavy (non-hydrogen) atoms. The topological polar surface area (TPSA) is 106 Å². The van der Waals surface area contributed by atoms with Crippen molar-refractivity contribution in [1.29, 1.82) is 0 Å². The molecule has 1 aliphatic rings. The monoisotopic (exact) mass is 526 g/mol. The molecule has 0 saturated carbocycles. The number of esters is 1. The quantitative estimate of drug-likeness (QED) is 0.290. The van der Waals surface area contributed by atoms with E-state index in [1.165, 1.54) is 23.3 Å². The van der Waals surface area contributed by atoms with Gasteiger partial charge in [0.15, 0.2) is 10.9 Å². The third-order valence-corrected chi connectivity index (χ3v) is 7.70. The van der Waals surface area contributed by atoms with E-state index in [-0.39, 0.29) is 15.6 Å². The lowest BCUT2D eigenvalue weighted by Crippen LogP contribution is -2.31. The van der Waals surface area contributed by atoms with E-state index in [0.717, 1.165) is 17.8 Å². The lowest BCUT2D eigenvalue weighted by molar-refractivity contribution is -0.117. The van der Waals surface area contributed by atoms with Gasteiger partial charge >= 0.3 is 5.97 Å². The van der Waals surface area contributed by atoms with Crippen LogP contribution in [-0.4, -0.2) is 41.5 Å². The average Bonchev–Trinajstić information content (AvgIpc) is 3.57. The Morgan fingerprint density at radius 1 is 1.22 bits per heavy atom. The maximum Gasteiger partial charge on any atom is 0.350 e. The van der Waals surface area contributed by atoms with E-state index < -0.39 is 29.5 Å². The first-order valence-corrected chi connectivity index (χ1v) is 13.1. The van der Waals surface area contributed by atoms with Crippen LogP contribution in [0.15, 0.2) is 53.1 Å². The van der Waals surface area contributed by atoms with Crippen molar-refractivity contribution in [3.8, 4) is 5.75 Å². The maximum atomic E-state index is 13.5. The van der Waals surface area contributed by atoms with Crippen molar-refractivity contribution < 1.29 is 29.0 Å². The van der Waals surface area contributed by atoms with E-state index in [2.05, 4.69) is 18.8 Å². The Kier molecular flexibility index (Phi) is 7.56. The lowest BCUT2D eigenvalue weighted by Gasteiger charge is -2.25. The number of carbonyl (C=O) groups excluding carboxylic acids is 3. The molecule has 1 unspecified atom stereocenters. The number of aryl methyl sites for hydroxylation is 1. The van der Waals surface area contributed by atoms with E-state index in [1.807, 2.05) is 0 Å². The molecule has 2 aromatic heterocycles. The highest BCUT2D eigenvalue weighted by atomic mass is 32.1. The number of amides is 1. The van der Waals surface area contributed by atoms with Crippen LogP contribution in [0.1, 0.15) is 56.9 Å². The summed E-state index contributed by atoms with van der Waals surface area (Å²) in [6, 6.07) is 9.52. The first kappa shape index (κ1) is 25.6. The summed E-state index contributed by atoms with van der Waals surface area (Å²) in [5.74, 6) is -1.38. The Hall–Kier alpha value is -3.50. The van der Waals surface area contributed by atoms with Crippen molar-refractivity contribution in [2.75, 3.05) is 18.6 Å². The zero-order chi connectivity index (χ0) is 26.0. The van der Waals surface area contributed by atoms with Crippen LogP contribution in [0.2, 0.25) is 0 Å². The predicted octanol–water partition coefficient (Wildman–Crippen LogP) is 5.51. The predicted molar refractivity (Wildman–Crippen MR) is 138 cm³/mol. The number of ether oxygens (including phenoxy) is 2. The summed E-state index contributed by atoms with van der Waals surface area (Å²) in [6.07, 6.45) is 0.871. The molecular weight excluding hydrogens is 500 g/mol. The van der Waals surface area contributed by atoms with Gasteiger partial charge in [0.05, 0.1) is 35.9 Å². The second kappa shape index (κ2) is 10.6. The van der Waals surface area contributed by atoms with Crippen molar-refractivity contribution in [3.63, 3.8) is 0 Å². The van der Waals surface area contributed by atoms with Crippen LogP contribution in [0.25, 0.3) is 0 Å². The second-order valence-electron chi connectivity index (χ2n) is 8.65. The summed E-state index contributed by atoms with van der Waals surface area (Å²) in [5, 5.41) is 12.8. The maximum absolute atomic E-state index is 13.5. The van der Waals surface area contributed by atoms with Crippen LogP contribution in [0.5, 0.6) is 5.75 Å². The number of aromatic nitrogens is 1. The van der Waals surface area contributed by atoms with Gasteiger partial charge in [0.1, 0.15) is 10.6 Å². The molecular formula is C26H26N2O6S2. The zero-order valence-corrected chi connectivity index (χ0v) is 21.9. The zero-order valence-electron chi connectivity index (χ0n) is 20.3. The second-order valence-corrected chi connectivity index (χ2v) is 10.6. The summed E-state index contributed by atoms with van der Waals surface area (Å²) < 4.78 is 10.7. The van der Waals surface area contributed by atoms with Crippen LogP contribution in [0.3, 0.4) is 0 Å². The molecule has 0 saturated heterocycles. The highest BCUT2D eigenvalue weighted by Gasteiger charge is 2.46. The molecule has 0 spiro atoms. The van der Waals surface area contributed by atoms with Crippen LogP contribution in [0.4, 0.5) is 5.13 Å².